The number of nitrogens with zero attached hydrogens (tertiary/aromatic N) is 2. The quantitative estimate of drug-likeness (QED) is 0.757. The van der Waals surface area contributed by atoms with Crippen molar-refractivity contribution in [2.45, 2.75) is 69.4 Å². The van der Waals surface area contributed by atoms with Gasteiger partial charge in [-0.15, -0.1) is 0 Å². The van der Waals surface area contributed by atoms with Gasteiger partial charge in [0.1, 0.15) is 5.60 Å². The van der Waals surface area contributed by atoms with Gasteiger partial charge in [-0.3, -0.25) is 9.59 Å². The Kier molecular flexibility index (Phi) is 4.80. The zero-order valence-electron chi connectivity index (χ0n) is 15.4. The summed E-state index contributed by atoms with van der Waals surface area (Å²) in [6.07, 6.45) is 7.61. The zero-order valence-corrected chi connectivity index (χ0v) is 15.4. The van der Waals surface area contributed by atoms with Gasteiger partial charge in [-0.05, 0) is 51.4 Å². The molecule has 1 aliphatic carbocycles. The lowest BCUT2D eigenvalue weighted by Gasteiger charge is -2.36. The fourth-order valence-corrected chi connectivity index (χ4v) is 5.07. The molecular weight excluding hydrogens is 334 g/mol. The Morgan fingerprint density at radius 2 is 1.58 bits per heavy atom. The van der Waals surface area contributed by atoms with E-state index in [9.17, 15) is 14.4 Å². The number of piperidine rings is 1. The van der Waals surface area contributed by atoms with Gasteiger partial charge in [-0.25, -0.2) is 4.79 Å². The second-order valence-electron chi connectivity index (χ2n) is 8.25. The summed E-state index contributed by atoms with van der Waals surface area (Å²) in [7, 11) is 0. The van der Waals surface area contributed by atoms with Crippen molar-refractivity contribution in [3.63, 3.8) is 0 Å². The Balaban J connectivity index is 1.29. The van der Waals surface area contributed by atoms with Gasteiger partial charge in [0.15, 0.2) is 0 Å². The molecule has 26 heavy (non-hydrogen) atoms. The molecule has 7 heteroatoms. The molecule has 4 rings (SSSR count). The van der Waals surface area contributed by atoms with Crippen LogP contribution in [-0.4, -0.2) is 65.5 Å². The van der Waals surface area contributed by atoms with Crippen LogP contribution >= 0.6 is 0 Å². The van der Waals surface area contributed by atoms with Gasteiger partial charge in [0.25, 0.3) is 0 Å². The van der Waals surface area contributed by atoms with Crippen molar-refractivity contribution < 1.29 is 19.1 Å². The summed E-state index contributed by atoms with van der Waals surface area (Å²) >= 11 is 0. The average Bonchev–Trinajstić information content (AvgIpc) is 3.37. The number of hydrogen-bond donors (Lipinski definition) is 1. The third-order valence-corrected chi connectivity index (χ3v) is 6.58. The van der Waals surface area contributed by atoms with Crippen LogP contribution < -0.4 is 5.32 Å². The van der Waals surface area contributed by atoms with Crippen molar-refractivity contribution in [1.82, 2.24) is 15.1 Å². The summed E-state index contributed by atoms with van der Waals surface area (Å²) in [6.45, 7) is 3.11. The van der Waals surface area contributed by atoms with Gasteiger partial charge >= 0.3 is 12.0 Å². The lowest BCUT2D eigenvalue weighted by atomic mass is 9.84. The van der Waals surface area contributed by atoms with Crippen LogP contribution in [0.4, 0.5) is 4.79 Å². The van der Waals surface area contributed by atoms with Crippen LogP contribution in [0.1, 0.15) is 57.8 Å². The summed E-state index contributed by atoms with van der Waals surface area (Å²) in [6, 6.07) is 0.228. The van der Waals surface area contributed by atoms with Crippen LogP contribution in [0, 0.1) is 5.92 Å². The number of urea groups is 1. The lowest BCUT2D eigenvalue weighted by molar-refractivity contribution is -0.150. The summed E-state index contributed by atoms with van der Waals surface area (Å²) in [4.78, 5) is 40.9. The highest BCUT2D eigenvalue weighted by atomic mass is 16.6. The number of ether oxygens (including phenoxy) is 1. The number of hydrogen-bond acceptors (Lipinski definition) is 4. The molecule has 1 spiro atoms. The highest BCUT2D eigenvalue weighted by Crippen LogP contribution is 2.45. The van der Waals surface area contributed by atoms with Crippen molar-refractivity contribution in [3.05, 3.63) is 0 Å². The van der Waals surface area contributed by atoms with E-state index in [0.29, 0.717) is 13.1 Å². The highest BCUT2D eigenvalue weighted by molar-refractivity contribution is 5.88. The number of likely N-dealkylation sites (tertiary alicyclic amines) is 2. The van der Waals surface area contributed by atoms with Gasteiger partial charge in [-0.1, -0.05) is 0 Å². The standard InChI is InChI=1S/C19H29N3O4/c23-16-13-15(19(26-16)7-1-2-8-19)17(24)20-14-5-11-22(12-6-14)18(25)21-9-3-4-10-21/h14-15H,1-13H2,(H,20,24). The number of carbonyl (C=O) groups is 3. The van der Waals surface area contributed by atoms with Crippen LogP contribution in [0.25, 0.3) is 0 Å². The van der Waals surface area contributed by atoms with E-state index in [0.717, 1.165) is 64.5 Å². The van der Waals surface area contributed by atoms with E-state index in [4.69, 9.17) is 4.74 Å². The molecule has 4 fully saturated rings. The number of esters is 1. The topological polar surface area (TPSA) is 79.0 Å². The van der Waals surface area contributed by atoms with Crippen molar-refractivity contribution in [2.75, 3.05) is 26.2 Å². The second kappa shape index (κ2) is 7.08. The highest BCUT2D eigenvalue weighted by Gasteiger charge is 2.54. The first-order valence-electron chi connectivity index (χ1n) is 10.1. The van der Waals surface area contributed by atoms with Crippen LogP contribution in [0.5, 0.6) is 0 Å². The molecule has 3 amide bonds. The molecule has 1 unspecified atom stereocenters. The smallest absolute Gasteiger partial charge is 0.319 e. The summed E-state index contributed by atoms with van der Waals surface area (Å²) in [5, 5.41) is 3.14. The SMILES string of the molecule is O=C1CC(C(=O)NC2CCN(C(=O)N3CCCC3)CC2)C2(CCCC2)O1. The number of nitrogens with one attached hydrogen (secondary N) is 1. The third kappa shape index (κ3) is 3.28. The molecule has 1 N–H and O–H groups in total. The van der Waals surface area contributed by atoms with Gasteiger partial charge in [0.2, 0.25) is 5.91 Å². The minimum Gasteiger partial charge on any atom is -0.458 e. The zero-order chi connectivity index (χ0) is 18.1. The third-order valence-electron chi connectivity index (χ3n) is 6.58. The van der Waals surface area contributed by atoms with Gasteiger partial charge < -0.3 is 19.9 Å². The molecule has 1 saturated carbocycles. The normalized spacial score (nSPS) is 28.6. The van der Waals surface area contributed by atoms with E-state index < -0.39 is 5.60 Å². The van der Waals surface area contributed by atoms with Gasteiger partial charge in [0, 0.05) is 32.2 Å². The van der Waals surface area contributed by atoms with E-state index in [1.807, 2.05) is 9.80 Å². The molecule has 7 nitrogen and oxygen atoms in total. The maximum atomic E-state index is 12.8. The molecule has 4 aliphatic rings. The van der Waals surface area contributed by atoms with Crippen molar-refractivity contribution in [3.8, 4) is 0 Å². The Morgan fingerprint density at radius 3 is 2.23 bits per heavy atom. The molecule has 0 radical (unpaired) electrons. The maximum absolute atomic E-state index is 12.8. The molecule has 3 heterocycles. The second-order valence-corrected chi connectivity index (χ2v) is 8.25. The van der Waals surface area contributed by atoms with E-state index in [1.54, 1.807) is 0 Å². The molecule has 0 aromatic heterocycles. The minimum absolute atomic E-state index is 0.0398. The largest absolute Gasteiger partial charge is 0.458 e. The predicted octanol–water partition coefficient (Wildman–Crippen LogP) is 1.66. The van der Waals surface area contributed by atoms with E-state index >= 15 is 0 Å². The molecule has 0 aromatic rings. The summed E-state index contributed by atoms with van der Waals surface area (Å²) < 4.78 is 5.58. The number of rotatable bonds is 2. The first kappa shape index (κ1) is 17.6. The molecule has 144 valence electrons. The Hall–Kier alpha value is -1.79. The Morgan fingerprint density at radius 1 is 0.962 bits per heavy atom. The number of amides is 3. The van der Waals surface area contributed by atoms with Crippen LogP contribution in [-0.2, 0) is 14.3 Å². The monoisotopic (exact) mass is 363 g/mol. The van der Waals surface area contributed by atoms with E-state index in [1.165, 1.54) is 0 Å². The fraction of sp³-hybridized carbons (Fsp3) is 0.842. The molecule has 3 aliphatic heterocycles. The van der Waals surface area contributed by atoms with Crippen molar-refractivity contribution in [2.24, 2.45) is 5.92 Å². The fourth-order valence-electron chi connectivity index (χ4n) is 5.07. The lowest BCUT2D eigenvalue weighted by Crippen LogP contribution is -2.52. The first-order chi connectivity index (χ1) is 12.6. The predicted molar refractivity (Wildman–Crippen MR) is 94.3 cm³/mol. The van der Waals surface area contributed by atoms with Gasteiger partial charge in [0.05, 0.1) is 12.3 Å². The maximum Gasteiger partial charge on any atom is 0.319 e. The molecule has 0 aromatic carbocycles. The Bertz CT molecular complexity index is 573. The van der Waals surface area contributed by atoms with Crippen molar-refractivity contribution in [1.29, 1.82) is 0 Å². The van der Waals surface area contributed by atoms with Crippen molar-refractivity contribution >= 4 is 17.9 Å². The number of carbonyl (C=O) groups excluding carboxylic acids is 3. The van der Waals surface area contributed by atoms with E-state index in [2.05, 4.69) is 5.32 Å². The summed E-state index contributed by atoms with van der Waals surface area (Å²) in [5.74, 6) is -0.623. The summed E-state index contributed by atoms with van der Waals surface area (Å²) in [5.41, 5.74) is -0.548. The van der Waals surface area contributed by atoms with Crippen LogP contribution in [0.2, 0.25) is 0 Å². The Labute approximate surface area is 154 Å². The average molecular weight is 363 g/mol. The minimum atomic E-state index is -0.548. The van der Waals surface area contributed by atoms with Crippen LogP contribution in [0.3, 0.4) is 0 Å². The molecule has 3 saturated heterocycles. The molecular formula is C19H29N3O4. The van der Waals surface area contributed by atoms with Gasteiger partial charge in [-0.2, -0.15) is 0 Å². The first-order valence-corrected chi connectivity index (χ1v) is 10.1. The van der Waals surface area contributed by atoms with Crippen LogP contribution in [0.15, 0.2) is 0 Å². The van der Waals surface area contributed by atoms with E-state index in [-0.39, 0.29) is 36.3 Å². The molecule has 1 atom stereocenters. The molecule has 0 bridgehead atoms.